The van der Waals surface area contributed by atoms with Crippen LogP contribution in [0.15, 0.2) is 72.8 Å². The summed E-state index contributed by atoms with van der Waals surface area (Å²) in [6.45, 7) is 6.83. The smallest absolute Gasteiger partial charge is 0.240 e. The lowest BCUT2D eigenvalue weighted by molar-refractivity contribution is -0.449. The summed E-state index contributed by atoms with van der Waals surface area (Å²) in [6.07, 6.45) is 0. The minimum absolute atomic E-state index is 0.144. The fourth-order valence-corrected chi connectivity index (χ4v) is 5.12. The topological polar surface area (TPSA) is 24.3 Å². The number of aromatic amines is 1. The standard InChI is InChI=1S/C27H21N3/c1-27(2,3)18-12-11-16-15-24-20(14-17(16)13-18)19-7-6-10-23-25(19)30(24)26-28-21-8-4-5-9-22(21)29(23)26/h4-15H,1-3H3/p+1. The number of H-pyrrole nitrogens is 1. The number of para-hydroxylation sites is 3. The van der Waals surface area contributed by atoms with E-state index in [0.717, 1.165) is 11.3 Å². The highest BCUT2D eigenvalue weighted by atomic mass is 15.2. The second kappa shape index (κ2) is 5.11. The van der Waals surface area contributed by atoms with Gasteiger partial charge >= 0.3 is 5.78 Å². The van der Waals surface area contributed by atoms with Gasteiger partial charge in [0.2, 0.25) is 0 Å². The molecule has 3 aromatic heterocycles. The lowest BCUT2D eigenvalue weighted by atomic mass is 9.86. The molecule has 0 aliphatic rings. The Labute approximate surface area is 173 Å². The average molecular weight is 388 g/mol. The second-order valence-electron chi connectivity index (χ2n) is 9.49. The molecule has 0 atom stereocenters. The van der Waals surface area contributed by atoms with Crippen molar-refractivity contribution in [3.8, 4) is 0 Å². The van der Waals surface area contributed by atoms with Gasteiger partial charge in [0, 0.05) is 10.8 Å². The number of hydrogen-bond acceptors (Lipinski definition) is 0. The van der Waals surface area contributed by atoms with Crippen molar-refractivity contribution in [2.45, 2.75) is 26.2 Å². The van der Waals surface area contributed by atoms with Crippen molar-refractivity contribution < 1.29 is 4.40 Å². The first-order valence-electron chi connectivity index (χ1n) is 10.6. The number of benzene rings is 4. The summed E-state index contributed by atoms with van der Waals surface area (Å²) < 4.78 is 4.75. The number of imidazole rings is 2. The summed E-state index contributed by atoms with van der Waals surface area (Å²) in [5, 5.41) is 5.22. The maximum atomic E-state index is 3.66. The first kappa shape index (κ1) is 16.2. The van der Waals surface area contributed by atoms with E-state index in [1.165, 1.54) is 49.2 Å². The van der Waals surface area contributed by atoms with Gasteiger partial charge in [-0.15, -0.1) is 0 Å². The van der Waals surface area contributed by atoms with Crippen molar-refractivity contribution in [1.29, 1.82) is 0 Å². The first-order valence-corrected chi connectivity index (χ1v) is 10.6. The molecule has 7 aromatic rings. The van der Waals surface area contributed by atoms with Crippen LogP contribution in [0.1, 0.15) is 26.3 Å². The van der Waals surface area contributed by atoms with Crippen LogP contribution in [0.3, 0.4) is 0 Å². The fourth-order valence-electron chi connectivity index (χ4n) is 5.12. The van der Waals surface area contributed by atoms with E-state index >= 15 is 0 Å². The molecule has 1 N–H and O–H groups in total. The van der Waals surface area contributed by atoms with Crippen LogP contribution >= 0.6 is 0 Å². The molecule has 0 saturated carbocycles. The Bertz CT molecular complexity index is 1770. The monoisotopic (exact) mass is 388 g/mol. The molecule has 144 valence electrons. The van der Waals surface area contributed by atoms with Gasteiger partial charge in [-0.2, -0.15) is 8.80 Å². The fraction of sp³-hybridized carbons (Fsp3) is 0.148. The van der Waals surface area contributed by atoms with Crippen LogP contribution in [-0.2, 0) is 5.41 Å². The molecule has 3 nitrogen and oxygen atoms in total. The Morgan fingerprint density at radius 3 is 2.47 bits per heavy atom. The highest BCUT2D eigenvalue weighted by Gasteiger charge is 2.26. The number of rotatable bonds is 0. The largest absolute Gasteiger partial charge is 0.373 e. The zero-order chi connectivity index (χ0) is 20.2. The summed E-state index contributed by atoms with van der Waals surface area (Å²) in [5.74, 6) is 1.11. The summed E-state index contributed by atoms with van der Waals surface area (Å²) in [6, 6.07) is 26.8. The van der Waals surface area contributed by atoms with E-state index in [1.54, 1.807) is 0 Å². The molecular weight excluding hydrogens is 366 g/mol. The van der Waals surface area contributed by atoms with E-state index in [-0.39, 0.29) is 5.41 Å². The predicted molar refractivity (Wildman–Crippen MR) is 125 cm³/mol. The molecule has 0 unspecified atom stereocenters. The van der Waals surface area contributed by atoms with Gasteiger partial charge in [0.1, 0.15) is 22.1 Å². The molecule has 0 aliphatic heterocycles. The van der Waals surface area contributed by atoms with Crippen LogP contribution in [0.2, 0.25) is 0 Å². The van der Waals surface area contributed by atoms with Crippen LogP contribution in [0.5, 0.6) is 0 Å². The van der Waals surface area contributed by atoms with Gasteiger partial charge in [0.15, 0.2) is 5.52 Å². The normalized spacial score (nSPS) is 13.2. The molecule has 7 rings (SSSR count). The molecule has 0 spiro atoms. The number of nitrogens with zero attached hydrogens (tertiary/aromatic N) is 2. The van der Waals surface area contributed by atoms with E-state index in [2.05, 4.69) is 107 Å². The third-order valence-electron chi connectivity index (χ3n) is 6.65. The zero-order valence-corrected chi connectivity index (χ0v) is 17.3. The van der Waals surface area contributed by atoms with Crippen molar-refractivity contribution in [2.24, 2.45) is 0 Å². The molecular formula is C27H22N3+. The van der Waals surface area contributed by atoms with Crippen LogP contribution in [0.25, 0.3) is 54.9 Å². The lowest BCUT2D eigenvalue weighted by Crippen LogP contribution is -2.17. The first-order chi connectivity index (χ1) is 14.5. The Morgan fingerprint density at radius 1 is 0.767 bits per heavy atom. The van der Waals surface area contributed by atoms with Crippen molar-refractivity contribution in [1.82, 2.24) is 9.38 Å². The van der Waals surface area contributed by atoms with Crippen molar-refractivity contribution in [3.05, 3.63) is 78.4 Å². The van der Waals surface area contributed by atoms with Crippen LogP contribution in [-0.4, -0.2) is 9.38 Å². The van der Waals surface area contributed by atoms with Gasteiger partial charge < -0.3 is 0 Å². The predicted octanol–water partition coefficient (Wildman–Crippen LogP) is 6.35. The van der Waals surface area contributed by atoms with Crippen molar-refractivity contribution in [2.75, 3.05) is 0 Å². The van der Waals surface area contributed by atoms with Crippen LogP contribution in [0, 0.1) is 0 Å². The maximum absolute atomic E-state index is 3.66. The third-order valence-corrected chi connectivity index (χ3v) is 6.65. The maximum Gasteiger partial charge on any atom is 0.373 e. The molecule has 0 bridgehead atoms. The minimum Gasteiger partial charge on any atom is -0.240 e. The second-order valence-corrected chi connectivity index (χ2v) is 9.49. The van der Waals surface area contributed by atoms with E-state index < -0.39 is 0 Å². The number of aromatic nitrogens is 3. The number of fused-ring (bicyclic) bond motifs is 9. The van der Waals surface area contributed by atoms with Gasteiger partial charge in [0.05, 0.1) is 0 Å². The molecule has 30 heavy (non-hydrogen) atoms. The molecule has 0 saturated heterocycles. The van der Waals surface area contributed by atoms with E-state index in [1.807, 2.05) is 0 Å². The lowest BCUT2D eigenvalue weighted by Gasteiger charge is -2.19. The Morgan fingerprint density at radius 2 is 1.60 bits per heavy atom. The summed E-state index contributed by atoms with van der Waals surface area (Å²) in [4.78, 5) is 3.66. The van der Waals surface area contributed by atoms with Gasteiger partial charge in [-0.3, -0.25) is 0 Å². The Balaban J connectivity index is 1.71. The summed E-state index contributed by atoms with van der Waals surface area (Å²) in [5.41, 5.74) is 7.68. The molecule has 4 aromatic carbocycles. The Kier molecular flexibility index (Phi) is 2.77. The molecule has 0 aliphatic carbocycles. The quantitative estimate of drug-likeness (QED) is 0.293. The zero-order valence-electron chi connectivity index (χ0n) is 17.3. The highest BCUT2D eigenvalue weighted by Crippen LogP contribution is 2.36. The molecule has 0 radical (unpaired) electrons. The van der Waals surface area contributed by atoms with E-state index in [9.17, 15) is 0 Å². The van der Waals surface area contributed by atoms with Gasteiger partial charge in [-0.05, 0) is 52.1 Å². The summed E-state index contributed by atoms with van der Waals surface area (Å²) >= 11 is 0. The SMILES string of the molecule is CC(C)(C)c1ccc2cc3c(cc2c1)c1cccc2c1n3c1[nH]c3ccccc3[n+]21. The average Bonchev–Trinajstić information content (AvgIpc) is 3.36. The molecule has 0 amide bonds. The Hall–Kier alpha value is -3.59. The van der Waals surface area contributed by atoms with Gasteiger partial charge in [-0.25, -0.2) is 4.98 Å². The minimum atomic E-state index is 0.144. The highest BCUT2D eigenvalue weighted by molar-refractivity contribution is 6.17. The number of hydrogen-bond donors (Lipinski definition) is 1. The van der Waals surface area contributed by atoms with E-state index in [0.29, 0.717) is 0 Å². The van der Waals surface area contributed by atoms with E-state index in [4.69, 9.17) is 0 Å². The van der Waals surface area contributed by atoms with Crippen molar-refractivity contribution in [3.63, 3.8) is 0 Å². The van der Waals surface area contributed by atoms with Gasteiger partial charge in [0.25, 0.3) is 0 Å². The molecule has 3 heterocycles. The van der Waals surface area contributed by atoms with Crippen molar-refractivity contribution >= 4 is 54.9 Å². The van der Waals surface area contributed by atoms with Crippen LogP contribution in [0.4, 0.5) is 0 Å². The molecule has 3 heteroatoms. The summed E-state index contributed by atoms with van der Waals surface area (Å²) in [7, 11) is 0. The van der Waals surface area contributed by atoms with Crippen LogP contribution < -0.4 is 4.40 Å². The third kappa shape index (κ3) is 1.88. The molecule has 0 fully saturated rings. The van der Waals surface area contributed by atoms with Gasteiger partial charge in [-0.1, -0.05) is 63.2 Å². The number of nitrogens with one attached hydrogen (secondary N) is 1.